The number of likely N-dealkylation sites (tertiary alicyclic amines) is 1. The molecule has 1 aliphatic heterocycles. The second-order valence-electron chi connectivity index (χ2n) is 8.28. The van der Waals surface area contributed by atoms with Crippen LogP contribution >= 0.6 is 12.4 Å². The minimum Gasteiger partial charge on any atom is -0.494 e. The van der Waals surface area contributed by atoms with Crippen molar-refractivity contribution in [2.24, 2.45) is 5.92 Å². The molecule has 1 aliphatic carbocycles. The first-order valence-electron chi connectivity index (χ1n) is 10.9. The lowest BCUT2D eigenvalue weighted by Gasteiger charge is -2.41. The van der Waals surface area contributed by atoms with Crippen LogP contribution in [0.3, 0.4) is 0 Å². The summed E-state index contributed by atoms with van der Waals surface area (Å²) < 4.78 is 5.73. The van der Waals surface area contributed by atoms with Crippen LogP contribution in [0.25, 0.3) is 0 Å². The Morgan fingerprint density at radius 1 is 1.00 bits per heavy atom. The van der Waals surface area contributed by atoms with Crippen LogP contribution in [0, 0.1) is 5.92 Å². The molecular formula is C23H38ClNO2. The maximum absolute atomic E-state index is 11.8. The molecule has 2 fully saturated rings. The van der Waals surface area contributed by atoms with Crippen LogP contribution in [0.2, 0.25) is 0 Å². The summed E-state index contributed by atoms with van der Waals surface area (Å²) in [6.45, 7) is 6.29. The fourth-order valence-corrected chi connectivity index (χ4v) is 4.74. The van der Waals surface area contributed by atoms with Crippen molar-refractivity contribution in [1.29, 1.82) is 0 Å². The minimum absolute atomic E-state index is 0. The van der Waals surface area contributed by atoms with Gasteiger partial charge in [-0.05, 0) is 75.2 Å². The van der Waals surface area contributed by atoms with Crippen LogP contribution in [0.15, 0.2) is 24.3 Å². The Balaban J connectivity index is 0.00000261. The van der Waals surface area contributed by atoms with Crippen molar-refractivity contribution in [2.75, 3.05) is 26.2 Å². The number of ether oxygens (including phenoxy) is 1. The summed E-state index contributed by atoms with van der Waals surface area (Å²) in [5.74, 6) is 1.31. The summed E-state index contributed by atoms with van der Waals surface area (Å²) in [6, 6.07) is 8.30. The van der Waals surface area contributed by atoms with E-state index in [-0.39, 0.29) is 12.4 Å². The van der Waals surface area contributed by atoms with E-state index in [0.717, 1.165) is 50.1 Å². The van der Waals surface area contributed by atoms with E-state index in [4.69, 9.17) is 4.74 Å². The highest BCUT2D eigenvalue weighted by atomic mass is 35.5. The van der Waals surface area contributed by atoms with Gasteiger partial charge in [-0.2, -0.15) is 0 Å². The van der Waals surface area contributed by atoms with Crippen molar-refractivity contribution in [3.05, 3.63) is 29.8 Å². The van der Waals surface area contributed by atoms with Crippen LogP contribution in [0.5, 0.6) is 5.75 Å². The molecule has 1 saturated heterocycles. The number of hydrogen-bond acceptors (Lipinski definition) is 3. The van der Waals surface area contributed by atoms with Gasteiger partial charge in [-0.15, -0.1) is 12.4 Å². The van der Waals surface area contributed by atoms with Gasteiger partial charge in [0.25, 0.3) is 0 Å². The van der Waals surface area contributed by atoms with E-state index in [2.05, 4.69) is 24.0 Å². The molecule has 1 atom stereocenters. The number of aliphatic hydroxyl groups is 1. The zero-order valence-electron chi connectivity index (χ0n) is 17.0. The molecular weight excluding hydrogens is 358 g/mol. The van der Waals surface area contributed by atoms with Gasteiger partial charge in [0.2, 0.25) is 0 Å². The fourth-order valence-electron chi connectivity index (χ4n) is 4.74. The summed E-state index contributed by atoms with van der Waals surface area (Å²) in [6.07, 6.45) is 12.0. The first kappa shape index (κ1) is 22.5. The smallest absolute Gasteiger partial charge is 0.119 e. The molecule has 1 heterocycles. The Morgan fingerprint density at radius 3 is 2.26 bits per heavy atom. The molecule has 4 heteroatoms. The predicted octanol–water partition coefficient (Wildman–Crippen LogP) is 5.54. The first-order chi connectivity index (χ1) is 12.7. The Hall–Kier alpha value is -0.770. The van der Waals surface area contributed by atoms with E-state index in [9.17, 15) is 5.11 Å². The molecule has 1 N–H and O–H groups in total. The van der Waals surface area contributed by atoms with Crippen molar-refractivity contribution >= 4 is 12.4 Å². The average molecular weight is 396 g/mol. The SMILES string of the molecule is CCCOc1ccc(C(O)(CCN2CCCCC2)C2CCCCC2)cc1.Cl. The topological polar surface area (TPSA) is 32.7 Å². The molecule has 0 amide bonds. The third kappa shape index (κ3) is 6.10. The second kappa shape index (κ2) is 11.3. The summed E-state index contributed by atoms with van der Waals surface area (Å²) in [7, 11) is 0. The van der Waals surface area contributed by atoms with Gasteiger partial charge in [-0.25, -0.2) is 0 Å². The summed E-state index contributed by atoms with van der Waals surface area (Å²) in [5, 5.41) is 11.8. The second-order valence-corrected chi connectivity index (χ2v) is 8.28. The van der Waals surface area contributed by atoms with E-state index in [1.807, 2.05) is 12.1 Å². The average Bonchev–Trinajstić information content (AvgIpc) is 2.72. The van der Waals surface area contributed by atoms with E-state index < -0.39 is 5.60 Å². The van der Waals surface area contributed by atoms with Crippen molar-refractivity contribution in [2.45, 2.75) is 76.7 Å². The summed E-state index contributed by atoms with van der Waals surface area (Å²) >= 11 is 0. The molecule has 0 bridgehead atoms. The largest absolute Gasteiger partial charge is 0.494 e. The van der Waals surface area contributed by atoms with Crippen LogP contribution in [-0.2, 0) is 5.60 Å². The summed E-state index contributed by atoms with van der Waals surface area (Å²) in [4.78, 5) is 2.55. The van der Waals surface area contributed by atoms with Gasteiger partial charge in [0.1, 0.15) is 5.75 Å². The maximum atomic E-state index is 11.8. The normalized spacial score (nSPS) is 21.3. The highest BCUT2D eigenvalue weighted by Crippen LogP contribution is 2.42. The van der Waals surface area contributed by atoms with E-state index >= 15 is 0 Å². The van der Waals surface area contributed by atoms with Crippen LogP contribution in [0.1, 0.15) is 76.7 Å². The molecule has 1 aromatic carbocycles. The van der Waals surface area contributed by atoms with E-state index in [1.54, 1.807) is 0 Å². The Kier molecular flexibility index (Phi) is 9.41. The Bertz CT molecular complexity index is 524. The zero-order chi connectivity index (χ0) is 18.2. The number of rotatable bonds is 8. The van der Waals surface area contributed by atoms with Crippen LogP contribution in [-0.4, -0.2) is 36.2 Å². The third-order valence-corrected chi connectivity index (χ3v) is 6.37. The maximum Gasteiger partial charge on any atom is 0.119 e. The molecule has 3 nitrogen and oxygen atoms in total. The molecule has 27 heavy (non-hydrogen) atoms. The molecule has 0 radical (unpaired) electrons. The van der Waals surface area contributed by atoms with Gasteiger partial charge >= 0.3 is 0 Å². The standard InChI is InChI=1S/C23H37NO2.ClH/c1-2-19-26-22-13-11-21(12-14-22)23(25,20-9-5-3-6-10-20)15-18-24-16-7-4-8-17-24;/h11-14,20,25H,2-10,15-19H2,1H3;1H. The van der Waals surface area contributed by atoms with Gasteiger partial charge in [0, 0.05) is 6.54 Å². The zero-order valence-corrected chi connectivity index (χ0v) is 17.8. The number of halogens is 1. The fraction of sp³-hybridized carbons (Fsp3) is 0.739. The molecule has 1 aromatic rings. The molecule has 2 aliphatic rings. The highest BCUT2D eigenvalue weighted by molar-refractivity contribution is 5.85. The monoisotopic (exact) mass is 395 g/mol. The lowest BCUT2D eigenvalue weighted by Crippen LogP contribution is -2.41. The molecule has 0 spiro atoms. The van der Waals surface area contributed by atoms with Crippen LogP contribution in [0.4, 0.5) is 0 Å². The van der Waals surface area contributed by atoms with Crippen molar-refractivity contribution in [3.8, 4) is 5.75 Å². The number of piperidine rings is 1. The number of hydrogen-bond donors (Lipinski definition) is 1. The quantitative estimate of drug-likeness (QED) is 0.627. The lowest BCUT2D eigenvalue weighted by molar-refractivity contribution is -0.0529. The summed E-state index contributed by atoms with van der Waals surface area (Å²) in [5.41, 5.74) is 0.395. The van der Waals surface area contributed by atoms with Gasteiger partial charge in [0.05, 0.1) is 12.2 Å². The molecule has 1 unspecified atom stereocenters. The van der Waals surface area contributed by atoms with Crippen molar-refractivity contribution < 1.29 is 9.84 Å². The van der Waals surface area contributed by atoms with E-state index in [1.165, 1.54) is 51.6 Å². The third-order valence-electron chi connectivity index (χ3n) is 6.37. The van der Waals surface area contributed by atoms with Gasteiger partial charge in [-0.1, -0.05) is 44.7 Å². The van der Waals surface area contributed by atoms with E-state index in [0.29, 0.717) is 5.92 Å². The highest BCUT2D eigenvalue weighted by Gasteiger charge is 2.39. The predicted molar refractivity (Wildman–Crippen MR) is 115 cm³/mol. The Labute approximate surface area is 171 Å². The number of nitrogens with zero attached hydrogens (tertiary/aromatic N) is 1. The number of benzene rings is 1. The van der Waals surface area contributed by atoms with Gasteiger partial charge < -0.3 is 14.7 Å². The Morgan fingerprint density at radius 2 is 1.63 bits per heavy atom. The molecule has 154 valence electrons. The van der Waals surface area contributed by atoms with Crippen LogP contribution < -0.4 is 4.74 Å². The molecule has 3 rings (SSSR count). The van der Waals surface area contributed by atoms with Crippen molar-refractivity contribution in [1.82, 2.24) is 4.90 Å². The van der Waals surface area contributed by atoms with Gasteiger partial charge in [0.15, 0.2) is 0 Å². The van der Waals surface area contributed by atoms with Crippen molar-refractivity contribution in [3.63, 3.8) is 0 Å². The minimum atomic E-state index is -0.693. The molecule has 0 aromatic heterocycles. The lowest BCUT2D eigenvalue weighted by atomic mass is 9.71. The first-order valence-corrected chi connectivity index (χ1v) is 10.9. The van der Waals surface area contributed by atoms with Gasteiger partial charge in [-0.3, -0.25) is 0 Å². The molecule has 1 saturated carbocycles.